The van der Waals surface area contributed by atoms with Crippen molar-refractivity contribution in [3.05, 3.63) is 45.1 Å². The Morgan fingerprint density at radius 3 is 1.91 bits per heavy atom. The quantitative estimate of drug-likeness (QED) is 0.792. The van der Waals surface area contributed by atoms with E-state index in [9.17, 15) is 9.90 Å². The lowest BCUT2D eigenvalue weighted by Crippen LogP contribution is -2.17. The number of aromatic hydroxyl groups is 1. The van der Waals surface area contributed by atoms with Crippen LogP contribution in [0.15, 0.2) is 16.9 Å². The zero-order valence-corrected chi connectivity index (χ0v) is 14.6. The van der Waals surface area contributed by atoms with Crippen molar-refractivity contribution in [1.82, 2.24) is 15.2 Å². The molecule has 0 amide bonds. The number of hydrogen-bond donors (Lipinski definition) is 3. The molecule has 0 spiro atoms. The van der Waals surface area contributed by atoms with E-state index in [-0.39, 0.29) is 16.5 Å². The third kappa shape index (κ3) is 3.92. The van der Waals surface area contributed by atoms with Crippen LogP contribution in [0.5, 0.6) is 5.75 Å². The van der Waals surface area contributed by atoms with Crippen LogP contribution in [0.3, 0.4) is 0 Å². The van der Waals surface area contributed by atoms with Crippen LogP contribution in [0.1, 0.15) is 64.1 Å². The van der Waals surface area contributed by atoms with Gasteiger partial charge in [-0.05, 0) is 34.6 Å². The first-order valence-electron chi connectivity index (χ1n) is 7.69. The van der Waals surface area contributed by atoms with Crippen LogP contribution in [-0.2, 0) is 10.8 Å². The van der Waals surface area contributed by atoms with Crippen molar-refractivity contribution in [2.24, 2.45) is 0 Å². The number of nitrogens with one attached hydrogen (secondary N) is 2. The molecule has 3 N–H and O–H groups in total. The van der Waals surface area contributed by atoms with Crippen LogP contribution in [0, 0.1) is 0 Å². The van der Waals surface area contributed by atoms with Gasteiger partial charge >= 0.3 is 5.69 Å². The number of phenols is 1. The Balaban J connectivity index is 2.56. The van der Waals surface area contributed by atoms with Gasteiger partial charge < -0.3 is 5.11 Å². The molecule has 0 atom stereocenters. The van der Waals surface area contributed by atoms with Gasteiger partial charge in [-0.3, -0.25) is 4.98 Å². The van der Waals surface area contributed by atoms with Crippen molar-refractivity contribution in [3.8, 4) is 5.75 Å². The fraction of sp³-hybridized carbons (Fsp3) is 0.444. The Hall–Kier alpha value is -2.30. The molecule has 0 saturated carbocycles. The highest BCUT2D eigenvalue weighted by Crippen LogP contribution is 2.40. The Kier molecular flexibility index (Phi) is 4.24. The molecule has 0 saturated heterocycles. The van der Waals surface area contributed by atoms with Gasteiger partial charge in [0, 0.05) is 11.1 Å². The fourth-order valence-electron chi connectivity index (χ4n) is 2.43. The number of aromatic nitrogens is 3. The average Bonchev–Trinajstić information content (AvgIpc) is 2.80. The van der Waals surface area contributed by atoms with E-state index < -0.39 is 0 Å². The number of H-pyrrole nitrogens is 2. The van der Waals surface area contributed by atoms with E-state index in [1.807, 2.05) is 18.2 Å². The van der Waals surface area contributed by atoms with Crippen LogP contribution >= 0.6 is 0 Å². The summed E-state index contributed by atoms with van der Waals surface area (Å²) in [6, 6.07) is 3.96. The number of nitrogens with zero attached hydrogens (tertiary/aromatic N) is 1. The monoisotopic (exact) mass is 315 g/mol. The van der Waals surface area contributed by atoms with E-state index in [2.05, 4.69) is 56.7 Å². The van der Waals surface area contributed by atoms with E-state index in [4.69, 9.17) is 0 Å². The van der Waals surface area contributed by atoms with Crippen molar-refractivity contribution in [3.63, 3.8) is 0 Å². The molecule has 2 rings (SSSR count). The number of benzene rings is 1. The molecule has 5 nitrogen and oxygen atoms in total. The van der Waals surface area contributed by atoms with E-state index in [1.54, 1.807) is 6.08 Å². The largest absolute Gasteiger partial charge is 0.507 e. The van der Waals surface area contributed by atoms with Crippen molar-refractivity contribution < 1.29 is 5.11 Å². The standard InChI is InChI=1S/C18H25N3O2/c1-17(2,3)12-9-11(7-8-14-19-16(23)21-20-14)10-13(15(12)22)18(4,5)6/h7-10,22H,1-6H3,(H2,19,20,21,23). The number of rotatable bonds is 2. The smallest absolute Gasteiger partial charge is 0.340 e. The number of phenolic OH excluding ortho intramolecular Hbond substituents is 1. The zero-order chi connectivity index (χ0) is 17.4. The lowest BCUT2D eigenvalue weighted by atomic mass is 9.78. The highest BCUT2D eigenvalue weighted by molar-refractivity contribution is 5.69. The van der Waals surface area contributed by atoms with Crippen LogP contribution in [-0.4, -0.2) is 20.3 Å². The molecule has 1 heterocycles. The molecule has 0 radical (unpaired) electrons. The van der Waals surface area contributed by atoms with Crippen molar-refractivity contribution in [2.75, 3.05) is 0 Å². The van der Waals surface area contributed by atoms with Gasteiger partial charge in [-0.2, -0.15) is 5.10 Å². The van der Waals surface area contributed by atoms with Crippen LogP contribution in [0.4, 0.5) is 0 Å². The zero-order valence-electron chi connectivity index (χ0n) is 14.6. The molecule has 0 unspecified atom stereocenters. The summed E-state index contributed by atoms with van der Waals surface area (Å²) < 4.78 is 0. The average molecular weight is 315 g/mol. The van der Waals surface area contributed by atoms with Gasteiger partial charge in [0.15, 0.2) is 5.82 Å². The molecule has 0 aliphatic heterocycles. The third-order valence-electron chi connectivity index (χ3n) is 3.70. The molecular formula is C18H25N3O2. The maximum absolute atomic E-state index is 11.1. The Labute approximate surface area is 136 Å². The van der Waals surface area contributed by atoms with Gasteiger partial charge in [-0.1, -0.05) is 47.6 Å². The Bertz CT molecular complexity index is 749. The first-order valence-corrected chi connectivity index (χ1v) is 7.69. The molecule has 124 valence electrons. The van der Waals surface area contributed by atoms with Gasteiger partial charge in [0.2, 0.25) is 0 Å². The summed E-state index contributed by atoms with van der Waals surface area (Å²) in [5, 5.41) is 16.9. The molecule has 0 aliphatic rings. The summed E-state index contributed by atoms with van der Waals surface area (Å²) in [6.45, 7) is 12.5. The van der Waals surface area contributed by atoms with Crippen molar-refractivity contribution in [2.45, 2.75) is 52.4 Å². The molecule has 23 heavy (non-hydrogen) atoms. The summed E-state index contributed by atoms with van der Waals surface area (Å²) in [6.07, 6.45) is 3.62. The molecular weight excluding hydrogens is 290 g/mol. The lowest BCUT2D eigenvalue weighted by Gasteiger charge is -2.27. The third-order valence-corrected chi connectivity index (χ3v) is 3.70. The second kappa shape index (κ2) is 5.72. The normalized spacial score (nSPS) is 13.0. The van der Waals surface area contributed by atoms with E-state index in [1.165, 1.54) is 0 Å². The van der Waals surface area contributed by atoms with Gasteiger partial charge in [-0.25, -0.2) is 9.89 Å². The first-order chi connectivity index (χ1) is 10.5. The van der Waals surface area contributed by atoms with Crippen molar-refractivity contribution in [1.29, 1.82) is 0 Å². The maximum atomic E-state index is 11.1. The number of hydrogen-bond acceptors (Lipinski definition) is 3. The minimum atomic E-state index is -0.332. The second-order valence-electron chi connectivity index (χ2n) is 7.86. The topological polar surface area (TPSA) is 81.8 Å². The minimum absolute atomic E-state index is 0.172. The van der Waals surface area contributed by atoms with Crippen LogP contribution in [0.2, 0.25) is 0 Å². The van der Waals surface area contributed by atoms with Crippen LogP contribution < -0.4 is 5.69 Å². The number of aromatic amines is 2. The van der Waals surface area contributed by atoms with Crippen molar-refractivity contribution >= 4 is 12.2 Å². The Morgan fingerprint density at radius 2 is 1.52 bits per heavy atom. The van der Waals surface area contributed by atoms with Crippen LogP contribution in [0.25, 0.3) is 12.2 Å². The summed E-state index contributed by atoms with van der Waals surface area (Å²) in [5.41, 5.74) is 2.09. The van der Waals surface area contributed by atoms with Gasteiger partial charge in [-0.15, -0.1) is 0 Å². The molecule has 2 aromatic rings. The molecule has 0 bridgehead atoms. The highest BCUT2D eigenvalue weighted by Gasteiger charge is 2.26. The summed E-state index contributed by atoms with van der Waals surface area (Å²) in [5.74, 6) is 0.827. The van der Waals surface area contributed by atoms with Gasteiger partial charge in [0.25, 0.3) is 0 Å². The molecule has 1 aromatic heterocycles. The SMILES string of the molecule is CC(C)(C)c1cc(C=Cc2n[nH]c(=O)[nH]2)cc(C(C)(C)C)c1O. The summed E-state index contributed by atoms with van der Waals surface area (Å²) in [4.78, 5) is 13.7. The fourth-order valence-corrected chi connectivity index (χ4v) is 2.43. The molecule has 5 heteroatoms. The van der Waals surface area contributed by atoms with Gasteiger partial charge in [0.05, 0.1) is 0 Å². The van der Waals surface area contributed by atoms with E-state index in [0.29, 0.717) is 11.6 Å². The van der Waals surface area contributed by atoms with E-state index in [0.717, 1.165) is 16.7 Å². The summed E-state index contributed by atoms with van der Waals surface area (Å²) >= 11 is 0. The van der Waals surface area contributed by atoms with Gasteiger partial charge in [0.1, 0.15) is 5.75 Å². The first kappa shape index (κ1) is 17.1. The highest BCUT2D eigenvalue weighted by atomic mass is 16.3. The predicted molar refractivity (Wildman–Crippen MR) is 93.6 cm³/mol. The predicted octanol–water partition coefficient (Wildman–Crippen LogP) is 3.57. The molecule has 0 aliphatic carbocycles. The second-order valence-corrected chi connectivity index (χ2v) is 7.86. The maximum Gasteiger partial charge on any atom is 0.340 e. The Morgan fingerprint density at radius 1 is 1.00 bits per heavy atom. The summed E-state index contributed by atoms with van der Waals surface area (Å²) in [7, 11) is 0. The lowest BCUT2D eigenvalue weighted by molar-refractivity contribution is 0.423. The molecule has 1 aromatic carbocycles. The molecule has 0 fully saturated rings. The minimum Gasteiger partial charge on any atom is -0.507 e. The van der Waals surface area contributed by atoms with E-state index >= 15 is 0 Å².